The van der Waals surface area contributed by atoms with Crippen molar-refractivity contribution in [2.75, 3.05) is 5.32 Å². The summed E-state index contributed by atoms with van der Waals surface area (Å²) in [6, 6.07) is 9.48. The van der Waals surface area contributed by atoms with Crippen molar-refractivity contribution in [2.45, 2.75) is 0 Å². The van der Waals surface area contributed by atoms with Gasteiger partial charge in [-0.2, -0.15) is 0 Å². The van der Waals surface area contributed by atoms with E-state index in [4.69, 9.17) is 0 Å². The molecule has 0 bridgehead atoms. The Kier molecular flexibility index (Phi) is 4.74. The van der Waals surface area contributed by atoms with Gasteiger partial charge in [-0.15, -0.1) is 11.3 Å². The van der Waals surface area contributed by atoms with Crippen LogP contribution in [0.15, 0.2) is 50.7 Å². The Balaban J connectivity index is 2.01. The second-order valence-corrected chi connectivity index (χ2v) is 6.15. The third-order valence-electron chi connectivity index (χ3n) is 2.13. The van der Waals surface area contributed by atoms with Crippen LogP contribution in [0.25, 0.3) is 6.08 Å². The molecule has 0 atom stereocenters. The molecule has 2 aromatic rings. The SMILES string of the molecule is O=C(/C=C\c1cccs1)Nc1ccc(Br)c(Br)c1. The van der Waals surface area contributed by atoms with E-state index in [1.165, 1.54) is 6.08 Å². The highest BCUT2D eigenvalue weighted by atomic mass is 79.9. The molecule has 0 aliphatic rings. The molecule has 1 heterocycles. The molecule has 0 saturated heterocycles. The fourth-order valence-electron chi connectivity index (χ4n) is 1.30. The summed E-state index contributed by atoms with van der Waals surface area (Å²) < 4.78 is 1.86. The minimum Gasteiger partial charge on any atom is -0.322 e. The van der Waals surface area contributed by atoms with E-state index < -0.39 is 0 Å². The Morgan fingerprint density at radius 3 is 2.72 bits per heavy atom. The van der Waals surface area contributed by atoms with E-state index in [0.717, 1.165) is 19.5 Å². The van der Waals surface area contributed by atoms with Crippen molar-refractivity contribution < 1.29 is 4.79 Å². The molecule has 92 valence electrons. The number of thiophene rings is 1. The molecular formula is C13H9Br2NOS. The van der Waals surface area contributed by atoms with Crippen LogP contribution in [-0.2, 0) is 4.79 Å². The maximum absolute atomic E-state index is 11.7. The van der Waals surface area contributed by atoms with E-state index in [1.54, 1.807) is 17.4 Å². The number of carbonyl (C=O) groups excluding carboxylic acids is 1. The summed E-state index contributed by atoms with van der Waals surface area (Å²) >= 11 is 8.37. The van der Waals surface area contributed by atoms with Crippen molar-refractivity contribution in [3.05, 3.63) is 55.6 Å². The van der Waals surface area contributed by atoms with Gasteiger partial charge in [0.2, 0.25) is 5.91 Å². The first-order chi connectivity index (χ1) is 8.65. The lowest BCUT2D eigenvalue weighted by Crippen LogP contribution is -2.07. The maximum atomic E-state index is 11.7. The Bertz CT molecular complexity index is 579. The van der Waals surface area contributed by atoms with E-state index in [9.17, 15) is 4.79 Å². The Hall–Kier alpha value is -0.910. The van der Waals surface area contributed by atoms with Gasteiger partial charge in [-0.3, -0.25) is 4.79 Å². The van der Waals surface area contributed by atoms with Gasteiger partial charge in [-0.1, -0.05) is 6.07 Å². The quantitative estimate of drug-likeness (QED) is 0.744. The first-order valence-corrected chi connectivity index (χ1v) is 7.59. The molecule has 2 rings (SSSR count). The van der Waals surface area contributed by atoms with E-state index in [2.05, 4.69) is 37.2 Å². The van der Waals surface area contributed by atoms with E-state index in [0.29, 0.717) is 0 Å². The summed E-state index contributed by atoms with van der Waals surface area (Å²) in [6.07, 6.45) is 3.33. The zero-order valence-electron chi connectivity index (χ0n) is 9.19. The number of carbonyl (C=O) groups is 1. The van der Waals surface area contributed by atoms with Gasteiger partial charge in [0, 0.05) is 25.6 Å². The van der Waals surface area contributed by atoms with Gasteiger partial charge in [0.15, 0.2) is 0 Å². The second-order valence-electron chi connectivity index (χ2n) is 3.47. The highest BCUT2D eigenvalue weighted by Crippen LogP contribution is 2.26. The number of hydrogen-bond acceptors (Lipinski definition) is 2. The third kappa shape index (κ3) is 3.80. The van der Waals surface area contributed by atoms with Crippen LogP contribution < -0.4 is 5.32 Å². The lowest BCUT2D eigenvalue weighted by molar-refractivity contribution is -0.111. The van der Waals surface area contributed by atoms with Gasteiger partial charge in [-0.05, 0) is 67.6 Å². The molecule has 1 N–H and O–H groups in total. The summed E-state index contributed by atoms with van der Waals surface area (Å²) in [5.41, 5.74) is 0.755. The average molecular weight is 387 g/mol. The third-order valence-corrected chi connectivity index (χ3v) is 4.85. The molecule has 1 aromatic heterocycles. The standard InChI is InChI=1S/C13H9Br2NOS/c14-11-5-3-9(8-12(11)15)16-13(17)6-4-10-2-1-7-18-10/h1-8H,(H,16,17)/b6-4-. The monoisotopic (exact) mass is 385 g/mol. The highest BCUT2D eigenvalue weighted by Gasteiger charge is 2.01. The lowest BCUT2D eigenvalue weighted by Gasteiger charge is -2.03. The summed E-state index contributed by atoms with van der Waals surface area (Å²) in [5, 5.41) is 4.78. The maximum Gasteiger partial charge on any atom is 0.248 e. The molecule has 0 unspecified atom stereocenters. The van der Waals surface area contributed by atoms with Crippen LogP contribution in [-0.4, -0.2) is 5.91 Å². The molecule has 0 spiro atoms. The van der Waals surface area contributed by atoms with Crippen molar-refractivity contribution in [3.63, 3.8) is 0 Å². The summed E-state index contributed by atoms with van der Waals surface area (Å²) in [5.74, 6) is -0.141. The Morgan fingerprint density at radius 2 is 2.06 bits per heavy atom. The number of amides is 1. The highest BCUT2D eigenvalue weighted by molar-refractivity contribution is 9.13. The molecule has 0 saturated carbocycles. The molecule has 1 amide bonds. The van der Waals surface area contributed by atoms with Crippen LogP contribution in [0.2, 0.25) is 0 Å². The zero-order valence-corrected chi connectivity index (χ0v) is 13.2. The average Bonchev–Trinajstić information content (AvgIpc) is 2.84. The van der Waals surface area contributed by atoms with Crippen LogP contribution in [0.5, 0.6) is 0 Å². The van der Waals surface area contributed by atoms with Crippen molar-refractivity contribution in [1.29, 1.82) is 0 Å². The molecule has 18 heavy (non-hydrogen) atoms. The van der Waals surface area contributed by atoms with Crippen molar-refractivity contribution in [2.24, 2.45) is 0 Å². The van der Waals surface area contributed by atoms with Gasteiger partial charge in [-0.25, -0.2) is 0 Å². The smallest absolute Gasteiger partial charge is 0.248 e. The Morgan fingerprint density at radius 1 is 1.22 bits per heavy atom. The van der Waals surface area contributed by atoms with Crippen molar-refractivity contribution in [3.8, 4) is 0 Å². The number of anilines is 1. The topological polar surface area (TPSA) is 29.1 Å². The number of hydrogen-bond donors (Lipinski definition) is 1. The number of halogens is 2. The molecule has 5 heteroatoms. The summed E-state index contributed by atoms with van der Waals surface area (Å²) in [7, 11) is 0. The van der Waals surface area contributed by atoms with Crippen LogP contribution in [0, 0.1) is 0 Å². The zero-order chi connectivity index (χ0) is 13.0. The van der Waals surface area contributed by atoms with Gasteiger partial charge < -0.3 is 5.32 Å². The summed E-state index contributed by atoms with van der Waals surface area (Å²) in [4.78, 5) is 12.7. The molecular weight excluding hydrogens is 378 g/mol. The molecule has 0 aliphatic heterocycles. The van der Waals surface area contributed by atoms with E-state index >= 15 is 0 Å². The van der Waals surface area contributed by atoms with Crippen LogP contribution in [0.3, 0.4) is 0 Å². The molecule has 0 radical (unpaired) electrons. The number of benzene rings is 1. The molecule has 0 fully saturated rings. The van der Waals surface area contributed by atoms with Crippen molar-refractivity contribution in [1.82, 2.24) is 0 Å². The molecule has 1 aromatic carbocycles. The number of rotatable bonds is 3. The summed E-state index contributed by atoms with van der Waals surface area (Å²) in [6.45, 7) is 0. The Labute approximate surface area is 126 Å². The van der Waals surface area contributed by atoms with Crippen LogP contribution in [0.1, 0.15) is 4.88 Å². The van der Waals surface area contributed by atoms with Gasteiger partial charge >= 0.3 is 0 Å². The normalized spacial score (nSPS) is 10.8. The van der Waals surface area contributed by atoms with Crippen LogP contribution >= 0.6 is 43.2 Å². The van der Waals surface area contributed by atoms with E-state index in [1.807, 2.05) is 35.7 Å². The van der Waals surface area contributed by atoms with Gasteiger partial charge in [0.1, 0.15) is 0 Å². The first kappa shape index (κ1) is 13.5. The second kappa shape index (κ2) is 6.31. The number of nitrogens with one attached hydrogen (secondary N) is 1. The van der Waals surface area contributed by atoms with Gasteiger partial charge in [0.25, 0.3) is 0 Å². The molecule has 0 aliphatic carbocycles. The van der Waals surface area contributed by atoms with Gasteiger partial charge in [0.05, 0.1) is 0 Å². The molecule has 2 nitrogen and oxygen atoms in total. The minimum absolute atomic E-state index is 0.141. The fourth-order valence-corrected chi connectivity index (χ4v) is 2.55. The first-order valence-electron chi connectivity index (χ1n) is 5.13. The van der Waals surface area contributed by atoms with Crippen LogP contribution in [0.4, 0.5) is 5.69 Å². The predicted octanol–water partition coefficient (Wildman–Crippen LogP) is 4.93. The predicted molar refractivity (Wildman–Crippen MR) is 83.8 cm³/mol. The largest absolute Gasteiger partial charge is 0.322 e. The van der Waals surface area contributed by atoms with Crippen molar-refractivity contribution >= 4 is 60.9 Å². The fraction of sp³-hybridized carbons (Fsp3) is 0. The van der Waals surface area contributed by atoms with E-state index in [-0.39, 0.29) is 5.91 Å². The minimum atomic E-state index is -0.141. The lowest BCUT2D eigenvalue weighted by atomic mass is 10.3.